The van der Waals surface area contributed by atoms with Gasteiger partial charge in [-0.25, -0.2) is 14.4 Å². The van der Waals surface area contributed by atoms with Crippen LogP contribution in [0.3, 0.4) is 0 Å². The summed E-state index contributed by atoms with van der Waals surface area (Å²) in [5.41, 5.74) is 2.69. The molecule has 0 aliphatic carbocycles. The number of aromatic nitrogens is 2. The van der Waals surface area contributed by atoms with Gasteiger partial charge in [0.1, 0.15) is 18.5 Å². The molecule has 2 aliphatic rings. The van der Waals surface area contributed by atoms with E-state index in [2.05, 4.69) is 53.9 Å². The van der Waals surface area contributed by atoms with Crippen LogP contribution in [0.1, 0.15) is 53.0 Å². The van der Waals surface area contributed by atoms with E-state index >= 15 is 4.39 Å². The van der Waals surface area contributed by atoms with Gasteiger partial charge in [0.25, 0.3) is 0 Å². The van der Waals surface area contributed by atoms with E-state index in [1.165, 1.54) is 0 Å². The van der Waals surface area contributed by atoms with Gasteiger partial charge in [-0.15, -0.1) is 0 Å². The molecule has 1 aromatic carbocycles. The summed E-state index contributed by atoms with van der Waals surface area (Å²) in [5.74, 6) is -0.208. The lowest BCUT2D eigenvalue weighted by atomic mass is 10.1. The van der Waals surface area contributed by atoms with Crippen LogP contribution in [0, 0.1) is 5.82 Å². The minimum Gasteiger partial charge on any atom is -0.412 e. The molecular weight excluding hydrogens is 503 g/mol. The van der Waals surface area contributed by atoms with Crippen molar-refractivity contribution in [3.05, 3.63) is 42.0 Å². The predicted molar refractivity (Wildman–Crippen MR) is 149 cm³/mol. The molecule has 10 heteroatoms. The minimum absolute atomic E-state index is 0.0656. The zero-order valence-corrected chi connectivity index (χ0v) is 24.7. The number of hydrogen-bond acceptors (Lipinski definition) is 8. The van der Waals surface area contributed by atoms with Gasteiger partial charge in [-0.2, -0.15) is 0 Å². The number of oxime groups is 1. The van der Waals surface area contributed by atoms with E-state index in [1.54, 1.807) is 24.5 Å². The SMILES string of the molecule is CC1(C)OCC(CON=C2CCN(c3ncc(-c4cccc(CO[Si](C)(C)C(C)(C)C)c4F)cn3)CC2)O1. The summed E-state index contributed by atoms with van der Waals surface area (Å²) in [6.07, 6.45) is 4.82. The topological polar surface area (TPSA) is 78.3 Å². The van der Waals surface area contributed by atoms with E-state index in [9.17, 15) is 0 Å². The van der Waals surface area contributed by atoms with Crippen molar-refractivity contribution in [2.45, 2.75) is 84.1 Å². The first-order chi connectivity index (χ1) is 17.8. The second kappa shape index (κ2) is 11.4. The number of piperidine rings is 1. The molecule has 1 unspecified atom stereocenters. The van der Waals surface area contributed by atoms with E-state index in [4.69, 9.17) is 18.7 Å². The molecule has 0 amide bonds. The van der Waals surface area contributed by atoms with Crippen molar-refractivity contribution in [3.8, 4) is 11.1 Å². The normalized spacial score (nSPS) is 20.1. The first kappa shape index (κ1) is 28.6. The molecule has 38 heavy (non-hydrogen) atoms. The van der Waals surface area contributed by atoms with Gasteiger partial charge in [-0.3, -0.25) is 0 Å². The van der Waals surface area contributed by atoms with E-state index in [1.807, 2.05) is 19.9 Å². The Morgan fingerprint density at radius 3 is 2.45 bits per heavy atom. The van der Waals surface area contributed by atoms with Crippen molar-refractivity contribution in [1.82, 2.24) is 9.97 Å². The number of ether oxygens (including phenoxy) is 2. The summed E-state index contributed by atoms with van der Waals surface area (Å²) in [7, 11) is -1.98. The third-order valence-electron chi connectivity index (χ3n) is 7.57. The first-order valence-electron chi connectivity index (χ1n) is 13.3. The van der Waals surface area contributed by atoms with Crippen molar-refractivity contribution < 1.29 is 23.1 Å². The molecule has 0 N–H and O–H groups in total. The summed E-state index contributed by atoms with van der Waals surface area (Å²) >= 11 is 0. The van der Waals surface area contributed by atoms with Crippen LogP contribution in [-0.2, 0) is 25.3 Å². The molecule has 2 saturated heterocycles. The van der Waals surface area contributed by atoms with Crippen LogP contribution in [0.5, 0.6) is 0 Å². The molecule has 0 radical (unpaired) electrons. The Labute approximate surface area is 226 Å². The van der Waals surface area contributed by atoms with Crippen LogP contribution >= 0.6 is 0 Å². The van der Waals surface area contributed by atoms with E-state index < -0.39 is 14.1 Å². The Bertz CT molecular complexity index is 1120. The summed E-state index contributed by atoms with van der Waals surface area (Å²) in [6.45, 7) is 17.3. The number of nitrogens with zero attached hydrogens (tertiary/aromatic N) is 4. The predicted octanol–water partition coefficient (Wildman–Crippen LogP) is 5.93. The minimum atomic E-state index is -1.98. The summed E-state index contributed by atoms with van der Waals surface area (Å²) in [4.78, 5) is 16.7. The molecule has 2 aromatic rings. The fourth-order valence-electron chi connectivity index (χ4n) is 4.13. The quantitative estimate of drug-likeness (QED) is 0.301. The number of anilines is 1. The van der Waals surface area contributed by atoms with Gasteiger partial charge in [0, 0.05) is 55.0 Å². The molecule has 0 saturated carbocycles. The molecule has 0 bridgehead atoms. The summed E-state index contributed by atoms with van der Waals surface area (Å²) < 4.78 is 32.9. The highest BCUT2D eigenvalue weighted by atomic mass is 28.4. The fraction of sp³-hybridized carbons (Fsp3) is 0.607. The second-order valence-electron chi connectivity index (χ2n) is 12.0. The van der Waals surface area contributed by atoms with Gasteiger partial charge in [0.2, 0.25) is 5.95 Å². The maximum Gasteiger partial charge on any atom is 0.225 e. The molecule has 8 nitrogen and oxygen atoms in total. The Balaban J connectivity index is 1.32. The third kappa shape index (κ3) is 6.96. The number of rotatable bonds is 8. The number of halogens is 1. The Hall–Kier alpha value is -2.40. The van der Waals surface area contributed by atoms with Crippen LogP contribution in [0.15, 0.2) is 35.7 Å². The highest BCUT2D eigenvalue weighted by molar-refractivity contribution is 6.74. The Morgan fingerprint density at radius 2 is 1.84 bits per heavy atom. The van der Waals surface area contributed by atoms with Crippen LogP contribution in [0.2, 0.25) is 18.1 Å². The van der Waals surface area contributed by atoms with E-state index in [0.29, 0.717) is 35.9 Å². The monoisotopic (exact) mass is 544 g/mol. The Kier molecular flexibility index (Phi) is 8.56. The largest absolute Gasteiger partial charge is 0.412 e. The summed E-state index contributed by atoms with van der Waals surface area (Å²) in [6, 6.07) is 5.40. The van der Waals surface area contributed by atoms with Crippen molar-refractivity contribution in [2.75, 3.05) is 31.2 Å². The summed E-state index contributed by atoms with van der Waals surface area (Å²) in [5, 5.41) is 4.37. The zero-order chi connectivity index (χ0) is 27.6. The molecule has 1 aromatic heterocycles. The van der Waals surface area contributed by atoms with Gasteiger partial charge < -0.3 is 23.6 Å². The van der Waals surface area contributed by atoms with Crippen molar-refractivity contribution in [1.29, 1.82) is 0 Å². The molecule has 208 valence electrons. The van der Waals surface area contributed by atoms with Crippen molar-refractivity contribution >= 4 is 20.0 Å². The molecule has 4 rings (SSSR count). The maximum absolute atomic E-state index is 15.4. The molecular formula is C28H41FN4O4Si. The van der Waals surface area contributed by atoms with E-state index in [-0.39, 0.29) is 23.6 Å². The molecule has 3 heterocycles. The lowest BCUT2D eigenvalue weighted by Crippen LogP contribution is -2.40. The number of hydrogen-bond donors (Lipinski definition) is 0. The van der Waals surface area contributed by atoms with Crippen molar-refractivity contribution in [3.63, 3.8) is 0 Å². The molecule has 2 aliphatic heterocycles. The van der Waals surface area contributed by atoms with Crippen LogP contribution < -0.4 is 4.90 Å². The average molecular weight is 545 g/mol. The Morgan fingerprint density at radius 1 is 1.16 bits per heavy atom. The lowest BCUT2D eigenvalue weighted by Gasteiger charge is -2.36. The second-order valence-corrected chi connectivity index (χ2v) is 16.8. The fourth-order valence-corrected chi connectivity index (χ4v) is 5.07. The molecule has 0 spiro atoms. The maximum atomic E-state index is 15.4. The third-order valence-corrected chi connectivity index (χ3v) is 12.0. The molecule has 1 atom stereocenters. The average Bonchev–Trinajstić information content (AvgIpc) is 3.21. The van der Waals surface area contributed by atoms with Gasteiger partial charge in [0.05, 0.1) is 18.9 Å². The standard InChI is InChI=1S/C28H41FN4O4Si/c1-27(2,3)38(6,7)36-17-20-9-8-10-24(25(20)29)21-15-30-26(31-16-21)33-13-11-22(12-14-33)32-35-19-23-18-34-28(4,5)37-23/h8-10,15-16,23H,11-14,17-19H2,1-7H3. The smallest absolute Gasteiger partial charge is 0.225 e. The van der Waals surface area contributed by atoms with Crippen LogP contribution in [0.4, 0.5) is 10.3 Å². The highest BCUT2D eigenvalue weighted by Crippen LogP contribution is 2.37. The van der Waals surface area contributed by atoms with Gasteiger partial charge >= 0.3 is 0 Å². The van der Waals surface area contributed by atoms with Crippen LogP contribution in [-0.4, -0.2) is 62.2 Å². The zero-order valence-electron chi connectivity index (χ0n) is 23.7. The van der Waals surface area contributed by atoms with Gasteiger partial charge in [0.15, 0.2) is 14.1 Å². The first-order valence-corrected chi connectivity index (χ1v) is 16.2. The van der Waals surface area contributed by atoms with Gasteiger partial charge in [-0.05, 0) is 32.0 Å². The number of benzene rings is 1. The van der Waals surface area contributed by atoms with Gasteiger partial charge in [-0.1, -0.05) is 44.1 Å². The van der Waals surface area contributed by atoms with E-state index in [0.717, 1.165) is 31.6 Å². The van der Waals surface area contributed by atoms with Crippen molar-refractivity contribution in [2.24, 2.45) is 5.16 Å². The lowest BCUT2D eigenvalue weighted by molar-refractivity contribution is -0.145. The van der Waals surface area contributed by atoms with Crippen LogP contribution in [0.25, 0.3) is 11.1 Å². The highest BCUT2D eigenvalue weighted by Gasteiger charge is 2.37. The molecule has 2 fully saturated rings.